The van der Waals surface area contributed by atoms with Crippen molar-refractivity contribution in [1.29, 1.82) is 0 Å². The van der Waals surface area contributed by atoms with Gasteiger partial charge in [-0.2, -0.15) is 15.0 Å². The van der Waals surface area contributed by atoms with Crippen LogP contribution in [0.2, 0.25) is 0 Å². The van der Waals surface area contributed by atoms with Crippen LogP contribution in [0, 0.1) is 0 Å². The van der Waals surface area contributed by atoms with Gasteiger partial charge in [0.1, 0.15) is 0 Å². The van der Waals surface area contributed by atoms with Gasteiger partial charge in [-0.15, -0.1) is 0 Å². The number of aromatic nitrogens is 3. The number of rotatable bonds is 6. The van der Waals surface area contributed by atoms with Gasteiger partial charge in [0.15, 0.2) is 0 Å². The van der Waals surface area contributed by atoms with Crippen molar-refractivity contribution in [3.63, 3.8) is 0 Å². The Morgan fingerprint density at radius 2 is 1.81 bits per heavy atom. The molecule has 0 saturated heterocycles. The molecule has 1 aromatic carbocycles. The van der Waals surface area contributed by atoms with Crippen LogP contribution in [0.1, 0.15) is 6.92 Å². The summed E-state index contributed by atoms with van der Waals surface area (Å²) in [5, 5.41) is 6.26. The van der Waals surface area contributed by atoms with Gasteiger partial charge < -0.3 is 20.3 Å². The predicted octanol–water partition coefficient (Wildman–Crippen LogP) is 2.12. The molecule has 0 radical (unpaired) electrons. The minimum atomic E-state index is 0.269. The molecule has 0 atom stereocenters. The van der Waals surface area contributed by atoms with E-state index in [1.807, 2.05) is 50.2 Å². The third-order valence-corrected chi connectivity index (χ3v) is 2.76. The normalized spacial score (nSPS) is 10.1. The molecule has 0 saturated carbocycles. The number of nitrogens with zero attached hydrogens (tertiary/aromatic N) is 4. The van der Waals surface area contributed by atoms with E-state index in [0.717, 1.165) is 17.9 Å². The number of anilines is 4. The monoisotopic (exact) mass is 288 g/mol. The molecule has 0 fully saturated rings. The van der Waals surface area contributed by atoms with Gasteiger partial charge in [0, 0.05) is 20.6 Å². The second-order valence-electron chi connectivity index (χ2n) is 4.54. The molecule has 7 heteroatoms. The van der Waals surface area contributed by atoms with E-state index in [-0.39, 0.29) is 6.01 Å². The fourth-order valence-corrected chi connectivity index (χ4v) is 1.83. The van der Waals surface area contributed by atoms with Gasteiger partial charge in [0.2, 0.25) is 11.9 Å². The molecule has 0 unspecified atom stereocenters. The Morgan fingerprint density at radius 1 is 1.10 bits per heavy atom. The molecule has 1 heterocycles. The Hall–Kier alpha value is -2.57. The smallest absolute Gasteiger partial charge is 0.322 e. The number of nitrogens with one attached hydrogen (secondary N) is 2. The van der Waals surface area contributed by atoms with Crippen LogP contribution in [0.25, 0.3) is 0 Å². The lowest BCUT2D eigenvalue weighted by molar-refractivity contribution is 0.379. The Morgan fingerprint density at radius 3 is 2.48 bits per heavy atom. The van der Waals surface area contributed by atoms with Gasteiger partial charge in [-0.3, -0.25) is 0 Å². The van der Waals surface area contributed by atoms with Crippen LogP contribution in [0.15, 0.2) is 24.3 Å². The van der Waals surface area contributed by atoms with E-state index in [0.29, 0.717) is 11.9 Å². The largest absolute Gasteiger partial charge is 0.467 e. The fourth-order valence-electron chi connectivity index (χ4n) is 1.83. The van der Waals surface area contributed by atoms with Gasteiger partial charge in [-0.1, -0.05) is 12.1 Å². The molecule has 2 N–H and O–H groups in total. The highest BCUT2D eigenvalue weighted by atomic mass is 16.5. The second-order valence-corrected chi connectivity index (χ2v) is 4.54. The molecular weight excluding hydrogens is 268 g/mol. The quantitative estimate of drug-likeness (QED) is 0.843. The van der Waals surface area contributed by atoms with Crippen molar-refractivity contribution in [3.8, 4) is 6.01 Å². The number of ether oxygens (including phenoxy) is 1. The maximum atomic E-state index is 5.10. The Labute approximate surface area is 124 Å². The summed E-state index contributed by atoms with van der Waals surface area (Å²) in [4.78, 5) is 14.7. The number of hydrogen-bond donors (Lipinski definition) is 2. The molecule has 0 bridgehead atoms. The first-order valence-electron chi connectivity index (χ1n) is 6.71. The first kappa shape index (κ1) is 14.8. The lowest BCUT2D eigenvalue weighted by Gasteiger charge is -2.17. The molecule has 0 amide bonds. The Balaban J connectivity index is 2.32. The van der Waals surface area contributed by atoms with E-state index in [1.165, 1.54) is 7.11 Å². The Bertz CT molecular complexity index is 602. The molecule has 21 heavy (non-hydrogen) atoms. The number of methoxy groups -OCH3 is 1. The molecule has 0 aliphatic rings. The van der Waals surface area contributed by atoms with Crippen LogP contribution < -0.4 is 20.3 Å². The van der Waals surface area contributed by atoms with Crippen LogP contribution in [0.3, 0.4) is 0 Å². The highest BCUT2D eigenvalue weighted by molar-refractivity contribution is 5.73. The number of hydrogen-bond acceptors (Lipinski definition) is 7. The highest BCUT2D eigenvalue weighted by Crippen LogP contribution is 2.26. The van der Waals surface area contributed by atoms with Crippen LogP contribution in [-0.2, 0) is 0 Å². The second kappa shape index (κ2) is 6.74. The van der Waals surface area contributed by atoms with Crippen molar-refractivity contribution in [2.24, 2.45) is 0 Å². The third kappa shape index (κ3) is 3.71. The average Bonchev–Trinajstić information content (AvgIpc) is 2.47. The summed E-state index contributed by atoms with van der Waals surface area (Å²) in [7, 11) is 5.50. The summed E-state index contributed by atoms with van der Waals surface area (Å²) in [6.07, 6.45) is 0. The molecule has 2 rings (SSSR count). The van der Waals surface area contributed by atoms with E-state index in [9.17, 15) is 0 Å². The average molecular weight is 288 g/mol. The zero-order chi connectivity index (χ0) is 15.2. The van der Waals surface area contributed by atoms with Gasteiger partial charge in [-0.05, 0) is 19.1 Å². The number of benzene rings is 1. The molecule has 112 valence electrons. The summed E-state index contributed by atoms with van der Waals surface area (Å²) < 4.78 is 5.10. The highest BCUT2D eigenvalue weighted by Gasteiger charge is 2.09. The van der Waals surface area contributed by atoms with Gasteiger partial charge in [0.25, 0.3) is 0 Å². The van der Waals surface area contributed by atoms with Crippen LogP contribution in [0.5, 0.6) is 6.01 Å². The molecule has 0 aliphatic heterocycles. The van der Waals surface area contributed by atoms with E-state index in [2.05, 4.69) is 25.6 Å². The first-order chi connectivity index (χ1) is 10.1. The summed E-state index contributed by atoms with van der Waals surface area (Å²) >= 11 is 0. The van der Waals surface area contributed by atoms with Crippen molar-refractivity contribution < 1.29 is 4.74 Å². The maximum Gasteiger partial charge on any atom is 0.322 e. The summed E-state index contributed by atoms with van der Waals surface area (Å²) in [6, 6.07) is 8.20. The van der Waals surface area contributed by atoms with Crippen LogP contribution in [0.4, 0.5) is 23.3 Å². The topological polar surface area (TPSA) is 75.2 Å². The molecule has 7 nitrogen and oxygen atoms in total. The molecular formula is C14H20N6O. The summed E-state index contributed by atoms with van der Waals surface area (Å²) in [5.41, 5.74) is 1.96. The van der Waals surface area contributed by atoms with E-state index in [4.69, 9.17) is 4.74 Å². The van der Waals surface area contributed by atoms with Crippen molar-refractivity contribution in [3.05, 3.63) is 24.3 Å². The standard InChI is InChI=1S/C14H20N6O/c1-5-15-12-17-13(19-14(18-12)21-4)16-10-8-6-7-9-11(10)20(2)3/h6-9H,5H2,1-4H3,(H2,15,16,17,18,19). The summed E-state index contributed by atoms with van der Waals surface area (Å²) in [5.74, 6) is 0.918. The van der Waals surface area contributed by atoms with Crippen molar-refractivity contribution >= 4 is 23.3 Å². The van der Waals surface area contributed by atoms with Crippen LogP contribution in [-0.4, -0.2) is 42.7 Å². The SMILES string of the molecule is CCNc1nc(Nc2ccccc2N(C)C)nc(OC)n1. The number of para-hydroxylation sites is 2. The minimum absolute atomic E-state index is 0.269. The first-order valence-corrected chi connectivity index (χ1v) is 6.71. The van der Waals surface area contributed by atoms with Gasteiger partial charge >= 0.3 is 6.01 Å². The molecule has 2 aromatic rings. The summed E-state index contributed by atoms with van der Waals surface area (Å²) in [6.45, 7) is 2.70. The van der Waals surface area contributed by atoms with Crippen molar-refractivity contribution in [2.45, 2.75) is 6.92 Å². The van der Waals surface area contributed by atoms with E-state index < -0.39 is 0 Å². The predicted molar refractivity (Wildman–Crippen MR) is 84.6 cm³/mol. The third-order valence-electron chi connectivity index (χ3n) is 2.76. The van der Waals surface area contributed by atoms with E-state index in [1.54, 1.807) is 0 Å². The van der Waals surface area contributed by atoms with Gasteiger partial charge in [-0.25, -0.2) is 0 Å². The fraction of sp³-hybridized carbons (Fsp3) is 0.357. The minimum Gasteiger partial charge on any atom is -0.467 e. The van der Waals surface area contributed by atoms with E-state index >= 15 is 0 Å². The van der Waals surface area contributed by atoms with Crippen molar-refractivity contribution in [2.75, 3.05) is 43.3 Å². The lowest BCUT2D eigenvalue weighted by atomic mass is 10.2. The molecule has 1 aromatic heterocycles. The Kier molecular flexibility index (Phi) is 4.76. The maximum absolute atomic E-state index is 5.10. The van der Waals surface area contributed by atoms with Crippen molar-refractivity contribution in [1.82, 2.24) is 15.0 Å². The lowest BCUT2D eigenvalue weighted by Crippen LogP contribution is -2.12. The zero-order valence-corrected chi connectivity index (χ0v) is 12.7. The molecule has 0 spiro atoms. The van der Waals surface area contributed by atoms with Gasteiger partial charge in [0.05, 0.1) is 18.5 Å². The van der Waals surface area contributed by atoms with Crippen LogP contribution >= 0.6 is 0 Å². The molecule has 0 aliphatic carbocycles. The zero-order valence-electron chi connectivity index (χ0n) is 12.7.